The Morgan fingerprint density at radius 2 is 2.24 bits per heavy atom. The van der Waals surface area contributed by atoms with E-state index >= 15 is 0 Å². The third-order valence-corrected chi connectivity index (χ3v) is 4.06. The lowest BCUT2D eigenvalue weighted by atomic mass is 10.2. The van der Waals surface area contributed by atoms with Gasteiger partial charge >= 0.3 is 0 Å². The Hall–Kier alpha value is -2.14. The minimum atomic E-state index is 0.537. The van der Waals surface area contributed by atoms with Gasteiger partial charge in [0.05, 0.1) is 23.0 Å². The highest BCUT2D eigenvalue weighted by molar-refractivity contribution is 6.31. The van der Waals surface area contributed by atoms with Crippen LogP contribution in [0.3, 0.4) is 0 Å². The lowest BCUT2D eigenvalue weighted by molar-refractivity contribution is 0.112. The Morgan fingerprint density at radius 3 is 2.95 bits per heavy atom. The Balaban J connectivity index is 2.13. The number of nitrogens with zero attached hydrogens (tertiary/aromatic N) is 4. The van der Waals surface area contributed by atoms with Gasteiger partial charge in [-0.2, -0.15) is 5.10 Å². The van der Waals surface area contributed by atoms with Gasteiger partial charge < -0.3 is 4.57 Å². The molecule has 0 aliphatic rings. The Bertz CT molecular complexity index is 819. The maximum Gasteiger partial charge on any atom is 0.152 e. The molecule has 0 unspecified atom stereocenters. The smallest absolute Gasteiger partial charge is 0.152 e. The van der Waals surface area contributed by atoms with Crippen LogP contribution in [0.1, 0.15) is 28.7 Å². The van der Waals surface area contributed by atoms with Gasteiger partial charge in [0.2, 0.25) is 0 Å². The van der Waals surface area contributed by atoms with E-state index in [0.29, 0.717) is 17.1 Å². The van der Waals surface area contributed by atoms with E-state index in [1.807, 2.05) is 41.4 Å². The van der Waals surface area contributed by atoms with Crippen LogP contribution >= 0.6 is 11.6 Å². The standard InChI is InChI=1S/C15H15ClN4O/c1-3-20-13(14(16)10(2)18-20)8-19-7-11(9-21)12-5-4-6-17-15(12)19/h4-7,9H,3,8H2,1-2H3. The average molecular weight is 303 g/mol. The fourth-order valence-electron chi connectivity index (χ4n) is 2.55. The van der Waals surface area contributed by atoms with Gasteiger partial charge in [-0.15, -0.1) is 0 Å². The van der Waals surface area contributed by atoms with Crippen LogP contribution in [0.15, 0.2) is 24.5 Å². The van der Waals surface area contributed by atoms with Crippen LogP contribution in [0.25, 0.3) is 11.0 Å². The molecular weight excluding hydrogens is 288 g/mol. The zero-order chi connectivity index (χ0) is 15.0. The third-order valence-electron chi connectivity index (χ3n) is 3.56. The molecule has 0 atom stereocenters. The Labute approximate surface area is 127 Å². The highest BCUT2D eigenvalue weighted by Gasteiger charge is 2.15. The third kappa shape index (κ3) is 2.23. The molecular formula is C15H15ClN4O. The molecule has 0 N–H and O–H groups in total. The van der Waals surface area contributed by atoms with Crippen molar-refractivity contribution in [2.75, 3.05) is 0 Å². The van der Waals surface area contributed by atoms with Gasteiger partial charge in [-0.3, -0.25) is 9.48 Å². The number of hydrogen-bond donors (Lipinski definition) is 0. The number of fused-ring (bicyclic) bond motifs is 1. The van der Waals surface area contributed by atoms with Crippen LogP contribution in [0, 0.1) is 6.92 Å². The van der Waals surface area contributed by atoms with Gasteiger partial charge in [0.25, 0.3) is 0 Å². The highest BCUT2D eigenvalue weighted by atomic mass is 35.5. The second-order valence-corrected chi connectivity index (χ2v) is 5.24. The van der Waals surface area contributed by atoms with Crippen molar-refractivity contribution in [1.29, 1.82) is 0 Å². The van der Waals surface area contributed by atoms with E-state index in [4.69, 9.17) is 11.6 Å². The number of aromatic nitrogens is 4. The number of rotatable bonds is 4. The average Bonchev–Trinajstić information content (AvgIpc) is 3.00. The summed E-state index contributed by atoms with van der Waals surface area (Å²) in [4.78, 5) is 15.6. The van der Waals surface area contributed by atoms with Crippen molar-refractivity contribution in [1.82, 2.24) is 19.3 Å². The fourth-order valence-corrected chi connectivity index (χ4v) is 2.74. The summed E-state index contributed by atoms with van der Waals surface area (Å²) >= 11 is 6.35. The normalized spacial score (nSPS) is 11.2. The molecule has 0 amide bonds. The number of carbonyl (C=O) groups excluding carboxylic acids is 1. The van der Waals surface area contributed by atoms with Gasteiger partial charge in [-0.1, -0.05) is 11.6 Å². The zero-order valence-corrected chi connectivity index (χ0v) is 12.6. The van der Waals surface area contributed by atoms with Crippen molar-refractivity contribution in [3.8, 4) is 0 Å². The zero-order valence-electron chi connectivity index (χ0n) is 11.9. The SMILES string of the molecule is CCn1nc(C)c(Cl)c1Cn1cc(C=O)c2cccnc21. The molecule has 0 aromatic carbocycles. The van der Waals surface area contributed by atoms with Crippen molar-refractivity contribution in [3.05, 3.63) is 46.5 Å². The van der Waals surface area contributed by atoms with Gasteiger partial charge in [0, 0.05) is 29.9 Å². The molecule has 0 spiro atoms. The molecule has 3 heterocycles. The van der Waals surface area contributed by atoms with Crippen LogP contribution < -0.4 is 0 Å². The molecule has 0 fully saturated rings. The summed E-state index contributed by atoms with van der Waals surface area (Å²) in [5.41, 5.74) is 3.15. The first-order valence-corrected chi connectivity index (χ1v) is 7.14. The molecule has 0 saturated heterocycles. The van der Waals surface area contributed by atoms with Gasteiger partial charge in [-0.25, -0.2) is 4.98 Å². The number of pyridine rings is 1. The van der Waals surface area contributed by atoms with Crippen LogP contribution in [-0.4, -0.2) is 25.6 Å². The molecule has 3 aromatic heterocycles. The van der Waals surface area contributed by atoms with Crippen molar-refractivity contribution >= 4 is 28.9 Å². The summed E-state index contributed by atoms with van der Waals surface area (Å²) in [5.74, 6) is 0. The number of aryl methyl sites for hydroxylation is 2. The monoisotopic (exact) mass is 302 g/mol. The molecule has 0 saturated carbocycles. The van der Waals surface area contributed by atoms with Crippen molar-refractivity contribution < 1.29 is 4.79 Å². The van der Waals surface area contributed by atoms with E-state index in [0.717, 1.165) is 35.3 Å². The minimum Gasteiger partial charge on any atom is -0.326 e. The molecule has 3 rings (SSSR count). The molecule has 5 nitrogen and oxygen atoms in total. The van der Waals surface area contributed by atoms with Crippen LogP contribution in [0.2, 0.25) is 5.02 Å². The molecule has 21 heavy (non-hydrogen) atoms. The number of carbonyl (C=O) groups is 1. The first kappa shape index (κ1) is 13.8. The fraction of sp³-hybridized carbons (Fsp3) is 0.267. The highest BCUT2D eigenvalue weighted by Crippen LogP contribution is 2.24. The van der Waals surface area contributed by atoms with Crippen molar-refractivity contribution in [2.45, 2.75) is 26.9 Å². The van der Waals surface area contributed by atoms with Gasteiger partial charge in [0.15, 0.2) is 6.29 Å². The minimum absolute atomic E-state index is 0.537. The summed E-state index contributed by atoms with van der Waals surface area (Å²) in [6, 6.07) is 3.72. The van der Waals surface area contributed by atoms with Crippen LogP contribution in [-0.2, 0) is 13.1 Å². The van der Waals surface area contributed by atoms with Crippen molar-refractivity contribution in [2.24, 2.45) is 0 Å². The summed E-state index contributed by atoms with van der Waals surface area (Å²) < 4.78 is 3.82. The molecule has 0 aliphatic carbocycles. The van der Waals surface area contributed by atoms with Crippen LogP contribution in [0.4, 0.5) is 0 Å². The molecule has 0 aliphatic heterocycles. The van der Waals surface area contributed by atoms with E-state index in [9.17, 15) is 4.79 Å². The number of aldehydes is 1. The summed E-state index contributed by atoms with van der Waals surface area (Å²) in [5, 5.41) is 5.93. The second kappa shape index (κ2) is 5.33. The molecule has 6 heteroatoms. The maximum absolute atomic E-state index is 11.2. The van der Waals surface area contributed by atoms with E-state index in [-0.39, 0.29) is 0 Å². The number of hydrogen-bond acceptors (Lipinski definition) is 3. The largest absolute Gasteiger partial charge is 0.326 e. The predicted octanol–water partition coefficient (Wildman–Crippen LogP) is 3.08. The molecule has 108 valence electrons. The first-order valence-electron chi connectivity index (χ1n) is 6.76. The second-order valence-electron chi connectivity index (χ2n) is 4.87. The Kier molecular flexibility index (Phi) is 3.51. The lowest BCUT2D eigenvalue weighted by Crippen LogP contribution is -2.08. The van der Waals surface area contributed by atoms with Gasteiger partial charge in [0.1, 0.15) is 5.65 Å². The first-order chi connectivity index (χ1) is 10.2. The summed E-state index contributed by atoms with van der Waals surface area (Å²) in [6.07, 6.45) is 4.38. The lowest BCUT2D eigenvalue weighted by Gasteiger charge is -2.07. The predicted molar refractivity (Wildman–Crippen MR) is 81.9 cm³/mol. The molecule has 3 aromatic rings. The maximum atomic E-state index is 11.2. The topological polar surface area (TPSA) is 52.7 Å². The molecule has 0 radical (unpaired) electrons. The number of halogens is 1. The van der Waals surface area contributed by atoms with Gasteiger partial charge in [-0.05, 0) is 26.0 Å². The van der Waals surface area contributed by atoms with Crippen LogP contribution in [0.5, 0.6) is 0 Å². The van der Waals surface area contributed by atoms with E-state index in [2.05, 4.69) is 10.1 Å². The summed E-state index contributed by atoms with van der Waals surface area (Å²) in [6.45, 7) is 5.20. The quantitative estimate of drug-likeness (QED) is 0.696. The Morgan fingerprint density at radius 1 is 1.43 bits per heavy atom. The van der Waals surface area contributed by atoms with E-state index in [1.54, 1.807) is 6.20 Å². The van der Waals surface area contributed by atoms with E-state index in [1.165, 1.54) is 0 Å². The van der Waals surface area contributed by atoms with Crippen molar-refractivity contribution in [3.63, 3.8) is 0 Å². The molecule has 0 bridgehead atoms. The summed E-state index contributed by atoms with van der Waals surface area (Å²) in [7, 11) is 0. The van der Waals surface area contributed by atoms with E-state index < -0.39 is 0 Å².